The Balaban J connectivity index is 1.62. The van der Waals surface area contributed by atoms with Crippen molar-refractivity contribution in [3.05, 3.63) is 58.7 Å². The summed E-state index contributed by atoms with van der Waals surface area (Å²) in [4.78, 5) is 22.9. The molecule has 4 rings (SSSR count). The third-order valence-corrected chi connectivity index (χ3v) is 5.98. The van der Waals surface area contributed by atoms with Gasteiger partial charge in [-0.2, -0.15) is 4.98 Å². The molecule has 0 atom stereocenters. The summed E-state index contributed by atoms with van der Waals surface area (Å²) in [5.41, 5.74) is 4.39. The molecule has 0 saturated carbocycles. The fourth-order valence-corrected chi connectivity index (χ4v) is 4.23. The first-order valence-corrected chi connectivity index (χ1v) is 10.9. The summed E-state index contributed by atoms with van der Waals surface area (Å²) < 4.78 is 1.71. The van der Waals surface area contributed by atoms with Crippen molar-refractivity contribution in [2.24, 2.45) is 0 Å². The average molecular weight is 410 g/mol. The number of nitrogens with zero attached hydrogens (tertiary/aromatic N) is 4. The van der Waals surface area contributed by atoms with Gasteiger partial charge < -0.3 is 5.32 Å². The zero-order valence-corrected chi connectivity index (χ0v) is 17.4. The van der Waals surface area contributed by atoms with Gasteiger partial charge in [0, 0.05) is 33.1 Å². The molecule has 0 aliphatic heterocycles. The average Bonchev–Trinajstić information content (AvgIpc) is 3.35. The predicted octanol–water partition coefficient (Wildman–Crippen LogP) is 4.37. The highest BCUT2D eigenvalue weighted by atomic mass is 32.2. The number of aromatic nitrogens is 4. The molecule has 1 aromatic carbocycles. The van der Waals surface area contributed by atoms with Crippen LogP contribution in [0.25, 0.3) is 16.2 Å². The standard InChI is InChI=1S/C20H19N5OS2/c1-12-15(13(2)25-19(21-12)23-20(24-25)27-3)11-18(26)22-16-8-5-4-7-14(16)17-9-6-10-28-17/h4-10H,11H2,1-3H3,(H,22,26). The number of thioether (sulfide) groups is 1. The Hall–Kier alpha value is -2.71. The Morgan fingerprint density at radius 3 is 2.75 bits per heavy atom. The Kier molecular flexibility index (Phi) is 5.15. The van der Waals surface area contributed by atoms with Gasteiger partial charge in [0.15, 0.2) is 0 Å². The van der Waals surface area contributed by atoms with E-state index in [1.807, 2.05) is 55.8 Å². The zero-order valence-electron chi connectivity index (χ0n) is 15.8. The summed E-state index contributed by atoms with van der Waals surface area (Å²) >= 11 is 3.12. The van der Waals surface area contributed by atoms with Crippen LogP contribution < -0.4 is 5.32 Å². The SMILES string of the molecule is CSc1nc2nc(C)c(CC(=O)Nc3ccccc3-c3cccs3)c(C)n2n1. The van der Waals surface area contributed by atoms with Gasteiger partial charge in [-0.05, 0) is 37.6 Å². The molecule has 28 heavy (non-hydrogen) atoms. The maximum Gasteiger partial charge on any atom is 0.253 e. The van der Waals surface area contributed by atoms with E-state index in [-0.39, 0.29) is 12.3 Å². The number of carbonyl (C=O) groups excluding carboxylic acids is 1. The number of anilines is 1. The molecule has 0 aliphatic carbocycles. The number of fused-ring (bicyclic) bond motifs is 1. The maximum absolute atomic E-state index is 12.8. The normalized spacial score (nSPS) is 11.1. The minimum absolute atomic E-state index is 0.0819. The summed E-state index contributed by atoms with van der Waals surface area (Å²) in [7, 11) is 0. The molecule has 0 bridgehead atoms. The van der Waals surface area contributed by atoms with Crippen molar-refractivity contribution in [3.8, 4) is 10.4 Å². The number of thiophene rings is 1. The first-order chi connectivity index (χ1) is 13.6. The molecule has 3 aromatic heterocycles. The van der Waals surface area contributed by atoms with Crippen molar-refractivity contribution in [1.29, 1.82) is 0 Å². The Morgan fingerprint density at radius 2 is 2.00 bits per heavy atom. The number of amides is 1. The second kappa shape index (κ2) is 7.73. The van der Waals surface area contributed by atoms with Gasteiger partial charge in [0.2, 0.25) is 11.1 Å². The molecule has 0 saturated heterocycles. The first kappa shape index (κ1) is 18.6. The zero-order chi connectivity index (χ0) is 19.7. The maximum atomic E-state index is 12.8. The van der Waals surface area contributed by atoms with Crippen molar-refractivity contribution in [3.63, 3.8) is 0 Å². The van der Waals surface area contributed by atoms with Gasteiger partial charge in [-0.1, -0.05) is 36.0 Å². The second-order valence-electron chi connectivity index (χ2n) is 6.32. The van der Waals surface area contributed by atoms with E-state index in [0.717, 1.165) is 33.1 Å². The third kappa shape index (κ3) is 3.53. The van der Waals surface area contributed by atoms with E-state index >= 15 is 0 Å². The molecular formula is C20H19N5OS2. The Labute approximate surface area is 171 Å². The molecule has 0 fully saturated rings. The van der Waals surface area contributed by atoms with E-state index in [1.165, 1.54) is 11.8 Å². The number of aryl methyl sites for hydroxylation is 2. The number of para-hydroxylation sites is 1. The lowest BCUT2D eigenvalue weighted by Crippen LogP contribution is -2.18. The minimum atomic E-state index is -0.0819. The number of hydrogen-bond donors (Lipinski definition) is 1. The number of hydrogen-bond acceptors (Lipinski definition) is 6. The quantitative estimate of drug-likeness (QED) is 0.496. The molecule has 142 valence electrons. The number of nitrogens with one attached hydrogen (secondary N) is 1. The van der Waals surface area contributed by atoms with Crippen LogP contribution in [0.2, 0.25) is 0 Å². The van der Waals surface area contributed by atoms with Crippen LogP contribution in [0.4, 0.5) is 5.69 Å². The molecule has 1 amide bonds. The molecule has 0 radical (unpaired) electrons. The molecule has 6 nitrogen and oxygen atoms in total. The fraction of sp³-hybridized carbons (Fsp3) is 0.200. The van der Waals surface area contributed by atoms with E-state index in [4.69, 9.17) is 0 Å². The van der Waals surface area contributed by atoms with E-state index in [2.05, 4.69) is 26.4 Å². The van der Waals surface area contributed by atoms with E-state index in [0.29, 0.717) is 10.9 Å². The van der Waals surface area contributed by atoms with Gasteiger partial charge in [0.05, 0.1) is 6.42 Å². The van der Waals surface area contributed by atoms with E-state index < -0.39 is 0 Å². The molecule has 4 aromatic rings. The summed E-state index contributed by atoms with van der Waals surface area (Å²) in [5, 5.41) is 10.2. The lowest BCUT2D eigenvalue weighted by molar-refractivity contribution is -0.115. The molecular weight excluding hydrogens is 390 g/mol. The molecule has 1 N–H and O–H groups in total. The van der Waals surface area contributed by atoms with Crippen LogP contribution in [0.1, 0.15) is 17.0 Å². The minimum Gasteiger partial charge on any atom is -0.325 e. The summed E-state index contributed by atoms with van der Waals surface area (Å²) in [6.45, 7) is 3.85. The highest BCUT2D eigenvalue weighted by Gasteiger charge is 2.17. The van der Waals surface area contributed by atoms with Crippen molar-refractivity contribution < 1.29 is 4.79 Å². The fourth-order valence-electron chi connectivity index (χ4n) is 3.13. The number of rotatable bonds is 5. The van der Waals surface area contributed by atoms with Gasteiger partial charge in [-0.25, -0.2) is 9.50 Å². The topological polar surface area (TPSA) is 72.2 Å². The lowest BCUT2D eigenvalue weighted by Gasteiger charge is -2.12. The molecule has 8 heteroatoms. The van der Waals surface area contributed by atoms with Crippen molar-refractivity contribution in [1.82, 2.24) is 19.6 Å². The van der Waals surface area contributed by atoms with E-state index in [1.54, 1.807) is 15.9 Å². The van der Waals surface area contributed by atoms with Gasteiger partial charge in [0.25, 0.3) is 5.78 Å². The summed E-state index contributed by atoms with van der Waals surface area (Å²) in [5.74, 6) is 0.480. The van der Waals surface area contributed by atoms with Crippen LogP contribution in [0.5, 0.6) is 0 Å². The van der Waals surface area contributed by atoms with Crippen LogP contribution in [0.3, 0.4) is 0 Å². The highest BCUT2D eigenvalue weighted by Crippen LogP contribution is 2.31. The highest BCUT2D eigenvalue weighted by molar-refractivity contribution is 7.98. The van der Waals surface area contributed by atoms with Crippen molar-refractivity contribution in [2.45, 2.75) is 25.4 Å². The van der Waals surface area contributed by atoms with Gasteiger partial charge >= 0.3 is 0 Å². The predicted molar refractivity (Wildman–Crippen MR) is 114 cm³/mol. The molecule has 0 unspecified atom stereocenters. The Bertz CT molecular complexity index is 1150. The number of carbonyl (C=O) groups is 1. The molecule has 3 heterocycles. The summed E-state index contributed by atoms with van der Waals surface area (Å²) in [6.07, 6.45) is 2.16. The van der Waals surface area contributed by atoms with Gasteiger partial charge in [0.1, 0.15) is 0 Å². The first-order valence-electron chi connectivity index (χ1n) is 8.76. The van der Waals surface area contributed by atoms with Crippen LogP contribution in [0, 0.1) is 13.8 Å². The van der Waals surface area contributed by atoms with Crippen molar-refractivity contribution >= 4 is 40.5 Å². The van der Waals surface area contributed by atoms with Gasteiger partial charge in [-0.15, -0.1) is 16.4 Å². The number of benzene rings is 1. The lowest BCUT2D eigenvalue weighted by atomic mass is 10.1. The van der Waals surface area contributed by atoms with Gasteiger partial charge in [-0.3, -0.25) is 4.79 Å². The Morgan fingerprint density at radius 1 is 1.18 bits per heavy atom. The van der Waals surface area contributed by atoms with Crippen LogP contribution in [-0.2, 0) is 11.2 Å². The smallest absolute Gasteiger partial charge is 0.253 e. The van der Waals surface area contributed by atoms with Crippen LogP contribution in [-0.4, -0.2) is 31.7 Å². The summed E-state index contributed by atoms with van der Waals surface area (Å²) in [6, 6.07) is 11.9. The van der Waals surface area contributed by atoms with E-state index in [9.17, 15) is 4.79 Å². The third-order valence-electron chi connectivity index (χ3n) is 4.54. The monoisotopic (exact) mass is 409 g/mol. The largest absolute Gasteiger partial charge is 0.325 e. The van der Waals surface area contributed by atoms with Crippen LogP contribution in [0.15, 0.2) is 46.9 Å². The second-order valence-corrected chi connectivity index (χ2v) is 8.04. The van der Waals surface area contributed by atoms with Crippen molar-refractivity contribution in [2.75, 3.05) is 11.6 Å². The van der Waals surface area contributed by atoms with Crippen LogP contribution >= 0.6 is 23.1 Å². The molecule has 0 aliphatic rings. The molecule has 0 spiro atoms.